The molecule has 1 nitrogen and oxygen atoms in total. The van der Waals surface area contributed by atoms with E-state index in [9.17, 15) is 0 Å². The van der Waals surface area contributed by atoms with Crippen LogP contribution < -0.4 is 5.32 Å². The van der Waals surface area contributed by atoms with E-state index in [4.69, 9.17) is 0 Å². The molecule has 0 aromatic heterocycles. The first-order valence-corrected chi connectivity index (χ1v) is 5.11. The van der Waals surface area contributed by atoms with Crippen molar-refractivity contribution >= 4 is 0 Å². The highest BCUT2D eigenvalue weighted by Crippen LogP contribution is 2.18. The molecule has 1 N–H and O–H groups in total. The molecule has 14 heavy (non-hydrogen) atoms. The van der Waals surface area contributed by atoms with Gasteiger partial charge < -0.3 is 5.32 Å². The van der Waals surface area contributed by atoms with E-state index in [-0.39, 0.29) is 0 Å². The fourth-order valence-electron chi connectivity index (χ4n) is 1.84. The summed E-state index contributed by atoms with van der Waals surface area (Å²) in [5, 5.41) is 3.55. The van der Waals surface area contributed by atoms with E-state index < -0.39 is 0 Å². The molecule has 76 valence electrons. The molecule has 0 amide bonds. The Kier molecular flexibility index (Phi) is 4.41. The van der Waals surface area contributed by atoms with Gasteiger partial charge in [0.15, 0.2) is 0 Å². The second-order valence-corrected chi connectivity index (χ2v) is 3.67. The Morgan fingerprint density at radius 3 is 2.57 bits per heavy atom. The lowest BCUT2D eigenvalue weighted by Gasteiger charge is -2.28. The summed E-state index contributed by atoms with van der Waals surface area (Å²) < 4.78 is 0. The van der Waals surface area contributed by atoms with Crippen LogP contribution >= 0.6 is 0 Å². The molecule has 0 radical (unpaired) electrons. The zero-order valence-corrected chi connectivity index (χ0v) is 8.71. The quantitative estimate of drug-likeness (QED) is 0.656. The van der Waals surface area contributed by atoms with E-state index in [1.54, 1.807) is 0 Å². The van der Waals surface area contributed by atoms with Crippen LogP contribution in [0.3, 0.4) is 0 Å². The summed E-state index contributed by atoms with van der Waals surface area (Å²) in [5.41, 5.74) is 1.34. The smallest absolute Gasteiger partial charge is 0.0292 e. The van der Waals surface area contributed by atoms with Gasteiger partial charge in [0.1, 0.15) is 0 Å². The molecule has 1 aliphatic rings. The van der Waals surface area contributed by atoms with Gasteiger partial charge in [-0.2, -0.15) is 0 Å². The Hall–Kier alpha value is -1.08. The first-order chi connectivity index (χ1) is 6.80. The lowest BCUT2D eigenvalue weighted by molar-refractivity contribution is 0.448. The van der Waals surface area contributed by atoms with Crippen LogP contribution in [-0.2, 0) is 0 Å². The molecule has 0 saturated carbocycles. The average molecular weight is 189 g/mol. The zero-order chi connectivity index (χ0) is 10.4. The molecule has 0 aromatic carbocycles. The number of rotatable bonds is 5. The molecule has 1 heterocycles. The van der Waals surface area contributed by atoms with Gasteiger partial charge in [-0.05, 0) is 24.8 Å². The highest BCUT2D eigenvalue weighted by molar-refractivity contribution is 5.23. The topological polar surface area (TPSA) is 12.0 Å². The van der Waals surface area contributed by atoms with Crippen LogP contribution in [0.1, 0.15) is 19.3 Å². The maximum absolute atomic E-state index is 3.83. The van der Waals surface area contributed by atoms with Gasteiger partial charge in [-0.15, -0.1) is 13.2 Å². The summed E-state index contributed by atoms with van der Waals surface area (Å²) >= 11 is 0. The maximum atomic E-state index is 3.83. The summed E-state index contributed by atoms with van der Waals surface area (Å²) in [6.45, 7) is 11.4. The van der Waals surface area contributed by atoms with Crippen molar-refractivity contribution in [2.75, 3.05) is 0 Å². The van der Waals surface area contributed by atoms with E-state index in [1.165, 1.54) is 5.57 Å². The number of nitrogens with one attached hydrogen (secondary N) is 1. The molecule has 0 bridgehead atoms. The van der Waals surface area contributed by atoms with E-state index in [1.807, 2.05) is 18.2 Å². The third-order valence-electron chi connectivity index (χ3n) is 2.48. The second-order valence-electron chi connectivity index (χ2n) is 3.67. The van der Waals surface area contributed by atoms with Gasteiger partial charge >= 0.3 is 0 Å². The molecule has 1 rings (SSSR count). The van der Waals surface area contributed by atoms with Crippen molar-refractivity contribution < 1.29 is 0 Å². The monoisotopic (exact) mass is 189 g/mol. The summed E-state index contributed by atoms with van der Waals surface area (Å²) in [7, 11) is 0. The van der Waals surface area contributed by atoms with Gasteiger partial charge in [0.25, 0.3) is 0 Å². The van der Waals surface area contributed by atoms with Crippen LogP contribution in [0, 0.1) is 0 Å². The minimum atomic E-state index is 0.416. The lowest BCUT2D eigenvalue weighted by atomic mass is 9.94. The lowest BCUT2D eigenvalue weighted by Crippen LogP contribution is -2.40. The van der Waals surface area contributed by atoms with Gasteiger partial charge in [0.05, 0.1) is 0 Å². The molecule has 0 aliphatic carbocycles. The average Bonchev–Trinajstić information content (AvgIpc) is 2.18. The van der Waals surface area contributed by atoms with Crippen molar-refractivity contribution in [1.82, 2.24) is 5.32 Å². The van der Waals surface area contributed by atoms with Crippen LogP contribution in [0.4, 0.5) is 0 Å². The first-order valence-electron chi connectivity index (χ1n) is 5.11. The third-order valence-corrected chi connectivity index (χ3v) is 2.48. The molecule has 2 atom stereocenters. The van der Waals surface area contributed by atoms with Crippen molar-refractivity contribution in [2.24, 2.45) is 0 Å². The third kappa shape index (κ3) is 3.00. The molecule has 1 aliphatic heterocycles. The van der Waals surface area contributed by atoms with Crippen LogP contribution in [0.2, 0.25) is 0 Å². The Morgan fingerprint density at radius 1 is 1.29 bits per heavy atom. The number of hydrogen-bond acceptors (Lipinski definition) is 1. The highest BCUT2D eigenvalue weighted by Gasteiger charge is 2.17. The van der Waals surface area contributed by atoms with E-state index in [2.05, 4.69) is 31.1 Å². The molecular formula is C13H19N. The standard InChI is InChI=1S/C13H19N/c1-4-7-12-9-11(6-3)10-13(14-12)8-5-2/h4-6,9,12-14H,1-3,7-8,10H2/t12-,13-/m1/s1. The molecule has 1 heteroatoms. The van der Waals surface area contributed by atoms with Gasteiger partial charge in [-0.25, -0.2) is 0 Å². The SMILES string of the molecule is C=CC[C@@H]1CC(C=C)=C[C@@H](CC=C)N1. The predicted molar refractivity (Wildman–Crippen MR) is 63.2 cm³/mol. The molecule has 0 unspecified atom stereocenters. The van der Waals surface area contributed by atoms with Crippen LogP contribution in [-0.4, -0.2) is 12.1 Å². The fraction of sp³-hybridized carbons (Fsp3) is 0.385. The minimum Gasteiger partial charge on any atom is -0.307 e. The highest BCUT2D eigenvalue weighted by atomic mass is 15.0. The maximum Gasteiger partial charge on any atom is 0.0292 e. The normalized spacial score (nSPS) is 26.4. The number of allylic oxidation sites excluding steroid dienone is 1. The zero-order valence-electron chi connectivity index (χ0n) is 8.71. The molecule has 0 aromatic rings. The van der Waals surface area contributed by atoms with Gasteiger partial charge in [0.2, 0.25) is 0 Å². The second kappa shape index (κ2) is 5.61. The molecule has 0 saturated heterocycles. The van der Waals surface area contributed by atoms with E-state index in [0.29, 0.717) is 12.1 Å². The summed E-state index contributed by atoms with van der Waals surface area (Å²) in [5.74, 6) is 0. The Bertz CT molecular complexity index is 250. The van der Waals surface area contributed by atoms with Crippen LogP contribution in [0.5, 0.6) is 0 Å². The Balaban J connectivity index is 2.64. The van der Waals surface area contributed by atoms with Gasteiger partial charge in [-0.1, -0.05) is 30.9 Å². The number of hydrogen-bond donors (Lipinski definition) is 1. The van der Waals surface area contributed by atoms with E-state index in [0.717, 1.165) is 19.3 Å². The van der Waals surface area contributed by atoms with E-state index >= 15 is 0 Å². The first kappa shape index (κ1) is 11.0. The minimum absolute atomic E-state index is 0.416. The Morgan fingerprint density at radius 2 is 2.00 bits per heavy atom. The van der Waals surface area contributed by atoms with Crippen molar-refractivity contribution in [1.29, 1.82) is 0 Å². The van der Waals surface area contributed by atoms with Gasteiger partial charge in [-0.3, -0.25) is 0 Å². The van der Waals surface area contributed by atoms with Crippen LogP contribution in [0.15, 0.2) is 49.6 Å². The largest absolute Gasteiger partial charge is 0.307 e. The predicted octanol–water partition coefficient (Wildman–Crippen LogP) is 2.98. The van der Waals surface area contributed by atoms with Gasteiger partial charge in [0, 0.05) is 12.1 Å². The fourth-order valence-corrected chi connectivity index (χ4v) is 1.84. The van der Waals surface area contributed by atoms with Crippen molar-refractivity contribution in [2.45, 2.75) is 31.3 Å². The summed E-state index contributed by atoms with van der Waals surface area (Å²) in [6, 6.07) is 0.926. The summed E-state index contributed by atoms with van der Waals surface area (Å²) in [6.07, 6.45) is 11.2. The summed E-state index contributed by atoms with van der Waals surface area (Å²) in [4.78, 5) is 0. The van der Waals surface area contributed by atoms with Crippen molar-refractivity contribution in [3.63, 3.8) is 0 Å². The van der Waals surface area contributed by atoms with Crippen LogP contribution in [0.25, 0.3) is 0 Å². The molecule has 0 fully saturated rings. The van der Waals surface area contributed by atoms with Crippen molar-refractivity contribution in [3.8, 4) is 0 Å². The Labute approximate surface area is 86.9 Å². The molecule has 0 spiro atoms. The van der Waals surface area contributed by atoms with Crippen molar-refractivity contribution in [3.05, 3.63) is 49.6 Å². The molecular weight excluding hydrogens is 170 g/mol.